The second kappa shape index (κ2) is 4.84. The number of carbonyl (C=O) groups excluding carboxylic acids is 1. The standard InChI is InChI=1S/C9H15NO3/c11-6-10-4-3-7-1-2-8(5-7)9(12)13/h6-8H,1-5H2,(H,10,11)(H,12,13). The number of carboxylic acid groups (broad SMARTS) is 1. The summed E-state index contributed by atoms with van der Waals surface area (Å²) >= 11 is 0. The Morgan fingerprint density at radius 2 is 2.31 bits per heavy atom. The lowest BCUT2D eigenvalue weighted by molar-refractivity contribution is -0.141. The van der Waals surface area contributed by atoms with Gasteiger partial charge in [-0.25, -0.2) is 0 Å². The van der Waals surface area contributed by atoms with E-state index in [0.717, 1.165) is 25.7 Å². The Morgan fingerprint density at radius 3 is 2.85 bits per heavy atom. The summed E-state index contributed by atoms with van der Waals surface area (Å²) < 4.78 is 0. The molecule has 0 aromatic carbocycles. The van der Waals surface area contributed by atoms with Gasteiger partial charge >= 0.3 is 5.97 Å². The van der Waals surface area contributed by atoms with Crippen LogP contribution in [0.15, 0.2) is 0 Å². The van der Waals surface area contributed by atoms with Gasteiger partial charge in [0, 0.05) is 6.54 Å². The van der Waals surface area contributed by atoms with E-state index in [1.165, 1.54) is 0 Å². The zero-order chi connectivity index (χ0) is 9.68. The van der Waals surface area contributed by atoms with E-state index >= 15 is 0 Å². The van der Waals surface area contributed by atoms with Crippen molar-refractivity contribution >= 4 is 12.4 Å². The smallest absolute Gasteiger partial charge is 0.306 e. The minimum absolute atomic E-state index is 0.152. The van der Waals surface area contributed by atoms with Crippen LogP contribution in [0.5, 0.6) is 0 Å². The van der Waals surface area contributed by atoms with Gasteiger partial charge in [-0.3, -0.25) is 9.59 Å². The third kappa shape index (κ3) is 3.05. The molecule has 0 aromatic heterocycles. The van der Waals surface area contributed by atoms with E-state index in [1.807, 2.05) is 0 Å². The van der Waals surface area contributed by atoms with Crippen molar-refractivity contribution in [2.45, 2.75) is 25.7 Å². The summed E-state index contributed by atoms with van der Waals surface area (Å²) in [5, 5.41) is 11.3. The lowest BCUT2D eigenvalue weighted by Crippen LogP contribution is -2.15. The van der Waals surface area contributed by atoms with Crippen LogP contribution in [-0.4, -0.2) is 24.0 Å². The maximum atomic E-state index is 10.6. The molecule has 1 saturated carbocycles. The highest BCUT2D eigenvalue weighted by atomic mass is 16.4. The van der Waals surface area contributed by atoms with Gasteiger partial charge in [-0.15, -0.1) is 0 Å². The molecule has 1 aliphatic carbocycles. The second-order valence-electron chi connectivity index (χ2n) is 3.57. The Labute approximate surface area is 77.3 Å². The topological polar surface area (TPSA) is 66.4 Å². The molecule has 4 heteroatoms. The van der Waals surface area contributed by atoms with E-state index in [-0.39, 0.29) is 5.92 Å². The predicted octanol–water partition coefficient (Wildman–Crippen LogP) is 0.623. The highest BCUT2D eigenvalue weighted by molar-refractivity contribution is 5.70. The Kier molecular flexibility index (Phi) is 3.73. The average Bonchev–Trinajstić information content (AvgIpc) is 2.53. The Balaban J connectivity index is 2.17. The quantitative estimate of drug-likeness (QED) is 0.487. The molecule has 2 atom stereocenters. The molecule has 1 aliphatic rings. The lowest BCUT2D eigenvalue weighted by Gasteiger charge is -2.07. The van der Waals surface area contributed by atoms with Crippen molar-refractivity contribution < 1.29 is 14.7 Å². The molecular weight excluding hydrogens is 170 g/mol. The van der Waals surface area contributed by atoms with Crippen molar-refractivity contribution in [2.75, 3.05) is 6.54 Å². The first-order chi connectivity index (χ1) is 6.24. The van der Waals surface area contributed by atoms with Gasteiger partial charge in [0.05, 0.1) is 5.92 Å². The van der Waals surface area contributed by atoms with E-state index < -0.39 is 5.97 Å². The first kappa shape index (κ1) is 10.0. The maximum Gasteiger partial charge on any atom is 0.306 e. The van der Waals surface area contributed by atoms with Gasteiger partial charge in [0.2, 0.25) is 6.41 Å². The Hall–Kier alpha value is -1.06. The molecule has 13 heavy (non-hydrogen) atoms. The van der Waals surface area contributed by atoms with Gasteiger partial charge in [-0.05, 0) is 31.6 Å². The molecular formula is C9H15NO3. The minimum atomic E-state index is -0.675. The Bertz CT molecular complexity index is 193. The van der Waals surface area contributed by atoms with Crippen LogP contribution in [0.2, 0.25) is 0 Å². The number of aliphatic carboxylic acids is 1. The van der Waals surface area contributed by atoms with Crippen LogP contribution in [0, 0.1) is 11.8 Å². The molecule has 0 saturated heterocycles. The van der Waals surface area contributed by atoms with E-state index in [1.54, 1.807) is 0 Å². The lowest BCUT2D eigenvalue weighted by atomic mass is 10.0. The van der Waals surface area contributed by atoms with Gasteiger partial charge in [-0.2, -0.15) is 0 Å². The van der Waals surface area contributed by atoms with Crippen molar-refractivity contribution in [2.24, 2.45) is 11.8 Å². The molecule has 0 bridgehead atoms. The summed E-state index contributed by atoms with van der Waals surface area (Å²) in [6, 6.07) is 0. The summed E-state index contributed by atoms with van der Waals surface area (Å²) in [6.45, 7) is 0.667. The molecule has 2 unspecified atom stereocenters. The number of hydrogen-bond acceptors (Lipinski definition) is 2. The summed E-state index contributed by atoms with van der Waals surface area (Å²) in [5.74, 6) is -0.347. The number of rotatable bonds is 5. The number of carboxylic acids is 1. The summed E-state index contributed by atoms with van der Waals surface area (Å²) in [4.78, 5) is 20.6. The van der Waals surface area contributed by atoms with Gasteiger partial charge in [0.1, 0.15) is 0 Å². The number of carbonyl (C=O) groups is 2. The zero-order valence-corrected chi connectivity index (χ0v) is 7.53. The molecule has 0 heterocycles. The summed E-state index contributed by atoms with van der Waals surface area (Å²) in [7, 11) is 0. The molecule has 1 fully saturated rings. The van der Waals surface area contributed by atoms with Crippen LogP contribution in [0.3, 0.4) is 0 Å². The van der Waals surface area contributed by atoms with Crippen LogP contribution in [0.25, 0.3) is 0 Å². The molecule has 0 radical (unpaired) electrons. The first-order valence-electron chi connectivity index (χ1n) is 4.64. The average molecular weight is 185 g/mol. The largest absolute Gasteiger partial charge is 0.481 e. The van der Waals surface area contributed by atoms with Crippen molar-refractivity contribution in [3.8, 4) is 0 Å². The van der Waals surface area contributed by atoms with E-state index in [0.29, 0.717) is 18.9 Å². The van der Waals surface area contributed by atoms with Gasteiger partial charge in [-0.1, -0.05) is 0 Å². The molecule has 0 spiro atoms. The number of amides is 1. The van der Waals surface area contributed by atoms with Crippen LogP contribution in [-0.2, 0) is 9.59 Å². The molecule has 0 aromatic rings. The molecule has 1 rings (SSSR count). The second-order valence-corrected chi connectivity index (χ2v) is 3.57. The van der Waals surface area contributed by atoms with Gasteiger partial charge < -0.3 is 10.4 Å². The monoisotopic (exact) mass is 185 g/mol. The van der Waals surface area contributed by atoms with Gasteiger partial charge in [0.25, 0.3) is 0 Å². The Morgan fingerprint density at radius 1 is 1.54 bits per heavy atom. The highest BCUT2D eigenvalue weighted by Crippen LogP contribution is 2.32. The van der Waals surface area contributed by atoms with Crippen LogP contribution in [0.4, 0.5) is 0 Å². The zero-order valence-electron chi connectivity index (χ0n) is 7.53. The third-order valence-electron chi connectivity index (χ3n) is 2.67. The molecule has 2 N–H and O–H groups in total. The van der Waals surface area contributed by atoms with Crippen molar-refractivity contribution in [1.29, 1.82) is 0 Å². The number of nitrogens with one attached hydrogen (secondary N) is 1. The van der Waals surface area contributed by atoms with E-state index in [2.05, 4.69) is 5.32 Å². The molecule has 4 nitrogen and oxygen atoms in total. The third-order valence-corrected chi connectivity index (χ3v) is 2.67. The molecule has 74 valence electrons. The normalized spacial score (nSPS) is 27.1. The highest BCUT2D eigenvalue weighted by Gasteiger charge is 2.28. The fraction of sp³-hybridized carbons (Fsp3) is 0.778. The minimum Gasteiger partial charge on any atom is -0.481 e. The first-order valence-corrected chi connectivity index (χ1v) is 4.64. The summed E-state index contributed by atoms with van der Waals surface area (Å²) in [6.07, 6.45) is 4.14. The molecule has 1 amide bonds. The van der Waals surface area contributed by atoms with Crippen molar-refractivity contribution in [1.82, 2.24) is 5.32 Å². The predicted molar refractivity (Wildman–Crippen MR) is 47.2 cm³/mol. The fourth-order valence-electron chi connectivity index (χ4n) is 1.91. The fourth-order valence-corrected chi connectivity index (χ4v) is 1.91. The van der Waals surface area contributed by atoms with Crippen molar-refractivity contribution in [3.05, 3.63) is 0 Å². The molecule has 0 aliphatic heterocycles. The summed E-state index contributed by atoms with van der Waals surface area (Å²) in [5.41, 5.74) is 0. The van der Waals surface area contributed by atoms with E-state index in [9.17, 15) is 9.59 Å². The maximum absolute atomic E-state index is 10.6. The van der Waals surface area contributed by atoms with E-state index in [4.69, 9.17) is 5.11 Å². The van der Waals surface area contributed by atoms with Crippen LogP contribution in [0.1, 0.15) is 25.7 Å². The van der Waals surface area contributed by atoms with Crippen LogP contribution < -0.4 is 5.32 Å². The van der Waals surface area contributed by atoms with Crippen LogP contribution >= 0.6 is 0 Å². The van der Waals surface area contributed by atoms with Crippen molar-refractivity contribution in [3.63, 3.8) is 0 Å². The van der Waals surface area contributed by atoms with Gasteiger partial charge in [0.15, 0.2) is 0 Å². The SMILES string of the molecule is O=CNCCC1CCC(C(=O)O)C1. The number of hydrogen-bond donors (Lipinski definition) is 2.